The topological polar surface area (TPSA) is 37.3 Å². The van der Waals surface area contributed by atoms with Crippen LogP contribution < -0.4 is 0 Å². The number of aliphatic carboxylic acids is 1. The molecule has 0 amide bonds. The van der Waals surface area contributed by atoms with Crippen molar-refractivity contribution in [2.75, 3.05) is 0 Å². The Morgan fingerprint density at radius 1 is 1.29 bits per heavy atom. The number of hydrogen-bond acceptors (Lipinski definition) is 1. The summed E-state index contributed by atoms with van der Waals surface area (Å²) in [5.74, 6) is 3.13. The summed E-state index contributed by atoms with van der Waals surface area (Å²) in [5, 5.41) is 9.84. The van der Waals surface area contributed by atoms with Gasteiger partial charge in [-0.15, -0.1) is 0 Å². The van der Waals surface area contributed by atoms with Crippen molar-refractivity contribution >= 4 is 5.97 Å². The van der Waals surface area contributed by atoms with Crippen molar-refractivity contribution < 1.29 is 9.90 Å². The van der Waals surface area contributed by atoms with E-state index in [2.05, 4.69) is 20.8 Å². The van der Waals surface area contributed by atoms with E-state index in [0.29, 0.717) is 29.6 Å². The van der Waals surface area contributed by atoms with E-state index in [9.17, 15) is 9.90 Å². The zero-order chi connectivity index (χ0) is 12.4. The van der Waals surface area contributed by atoms with Crippen molar-refractivity contribution in [3.63, 3.8) is 0 Å². The maximum Gasteiger partial charge on any atom is 0.310 e. The number of hydrogen-bond donors (Lipinski definition) is 1. The van der Waals surface area contributed by atoms with E-state index in [4.69, 9.17) is 0 Å². The van der Waals surface area contributed by atoms with Crippen LogP contribution in [0.25, 0.3) is 0 Å². The molecule has 4 saturated carbocycles. The predicted molar refractivity (Wildman–Crippen MR) is 66.5 cm³/mol. The molecule has 4 aliphatic rings. The van der Waals surface area contributed by atoms with Gasteiger partial charge in [-0.05, 0) is 54.8 Å². The van der Waals surface area contributed by atoms with Crippen molar-refractivity contribution in [3.05, 3.63) is 0 Å². The van der Waals surface area contributed by atoms with Gasteiger partial charge in [0.1, 0.15) is 0 Å². The second-order valence-corrected chi connectivity index (χ2v) is 6.88. The molecule has 0 aromatic rings. The molecule has 2 heteroatoms. The molecular weight excluding hydrogens is 212 g/mol. The summed E-state index contributed by atoms with van der Waals surface area (Å²) in [7, 11) is 0. The summed E-state index contributed by atoms with van der Waals surface area (Å²) in [4.78, 5) is 11.9. The van der Waals surface area contributed by atoms with Gasteiger partial charge in [-0.3, -0.25) is 4.79 Å². The molecule has 17 heavy (non-hydrogen) atoms. The molecule has 0 spiro atoms. The predicted octanol–water partition coefficient (Wildman–Crippen LogP) is 3.42. The standard InChI is InChI=1S/C15H24O2/c1-4-13-12-6-10-5-11(8(12)2)9(3)15(13,7-10)14(16)17/h8-13H,4-7H2,1-3H3,(H,16,17). The van der Waals surface area contributed by atoms with Gasteiger partial charge < -0.3 is 5.11 Å². The van der Waals surface area contributed by atoms with Crippen molar-refractivity contribution in [1.29, 1.82) is 0 Å². The highest BCUT2D eigenvalue weighted by Gasteiger charge is 2.65. The molecule has 7 unspecified atom stereocenters. The van der Waals surface area contributed by atoms with Gasteiger partial charge >= 0.3 is 5.97 Å². The molecular formula is C15H24O2. The zero-order valence-corrected chi connectivity index (χ0v) is 11.1. The van der Waals surface area contributed by atoms with Gasteiger partial charge in [0.15, 0.2) is 0 Å². The minimum atomic E-state index is -0.497. The summed E-state index contributed by atoms with van der Waals surface area (Å²) >= 11 is 0. The first kappa shape index (κ1) is 11.6. The number of carbonyl (C=O) groups is 1. The van der Waals surface area contributed by atoms with E-state index in [1.165, 1.54) is 12.8 Å². The van der Waals surface area contributed by atoms with Crippen LogP contribution in [0.5, 0.6) is 0 Å². The normalized spacial score (nSPS) is 56.2. The Labute approximate surface area is 104 Å². The fourth-order valence-electron chi connectivity index (χ4n) is 5.99. The molecule has 2 nitrogen and oxygen atoms in total. The van der Waals surface area contributed by atoms with Crippen molar-refractivity contribution in [2.24, 2.45) is 40.9 Å². The van der Waals surface area contributed by atoms with Crippen LogP contribution in [0.2, 0.25) is 0 Å². The average molecular weight is 236 g/mol. The maximum atomic E-state index is 11.9. The van der Waals surface area contributed by atoms with Crippen molar-refractivity contribution in [1.82, 2.24) is 0 Å². The minimum absolute atomic E-state index is 0.377. The molecule has 4 bridgehead atoms. The molecule has 0 radical (unpaired) electrons. The van der Waals surface area contributed by atoms with Gasteiger partial charge in [-0.1, -0.05) is 27.2 Å². The number of rotatable bonds is 2. The first-order valence-electron chi connectivity index (χ1n) is 7.25. The van der Waals surface area contributed by atoms with E-state index in [1.807, 2.05) is 0 Å². The highest BCUT2D eigenvalue weighted by atomic mass is 16.4. The fraction of sp³-hybridized carbons (Fsp3) is 0.933. The lowest BCUT2D eigenvalue weighted by atomic mass is 9.38. The quantitative estimate of drug-likeness (QED) is 0.797. The van der Waals surface area contributed by atoms with Gasteiger partial charge in [0, 0.05) is 0 Å². The SMILES string of the molecule is CCC1C2CC3CC(C2C)C(C)C1(C(=O)O)C3. The van der Waals surface area contributed by atoms with E-state index < -0.39 is 5.97 Å². The van der Waals surface area contributed by atoms with Crippen molar-refractivity contribution in [2.45, 2.75) is 46.5 Å². The Kier molecular flexibility index (Phi) is 2.37. The molecule has 4 rings (SSSR count). The summed E-state index contributed by atoms with van der Waals surface area (Å²) in [6, 6.07) is 0. The van der Waals surface area contributed by atoms with Gasteiger partial charge in [0.25, 0.3) is 0 Å². The van der Waals surface area contributed by atoms with Crippen LogP contribution in [-0.4, -0.2) is 11.1 Å². The lowest BCUT2D eigenvalue weighted by Crippen LogP contribution is -2.63. The lowest BCUT2D eigenvalue weighted by Gasteiger charge is -2.65. The molecule has 0 aromatic heterocycles. The third-order valence-corrected chi connectivity index (χ3v) is 6.66. The third kappa shape index (κ3) is 1.19. The zero-order valence-electron chi connectivity index (χ0n) is 11.1. The summed E-state index contributed by atoms with van der Waals surface area (Å²) in [5.41, 5.74) is -0.377. The molecule has 0 aliphatic heterocycles. The second-order valence-electron chi connectivity index (χ2n) is 6.88. The van der Waals surface area contributed by atoms with Gasteiger partial charge in [0.2, 0.25) is 0 Å². The van der Waals surface area contributed by atoms with Crippen LogP contribution in [0.4, 0.5) is 0 Å². The molecule has 4 aliphatic carbocycles. The Hall–Kier alpha value is -0.530. The van der Waals surface area contributed by atoms with Crippen LogP contribution in [0.15, 0.2) is 0 Å². The van der Waals surface area contributed by atoms with E-state index in [-0.39, 0.29) is 5.41 Å². The highest BCUT2D eigenvalue weighted by molar-refractivity contribution is 5.76. The van der Waals surface area contributed by atoms with E-state index in [0.717, 1.165) is 18.8 Å². The van der Waals surface area contributed by atoms with Gasteiger partial charge in [-0.2, -0.15) is 0 Å². The molecule has 96 valence electrons. The van der Waals surface area contributed by atoms with Gasteiger partial charge in [-0.25, -0.2) is 0 Å². The van der Waals surface area contributed by atoms with Crippen LogP contribution in [0.1, 0.15) is 46.5 Å². The molecule has 4 fully saturated rings. The van der Waals surface area contributed by atoms with Crippen LogP contribution in [0, 0.1) is 40.9 Å². The molecule has 0 saturated heterocycles. The first-order chi connectivity index (χ1) is 8.02. The van der Waals surface area contributed by atoms with Crippen LogP contribution >= 0.6 is 0 Å². The molecule has 0 heterocycles. The Morgan fingerprint density at radius 3 is 2.53 bits per heavy atom. The molecule has 7 atom stereocenters. The summed E-state index contributed by atoms with van der Waals surface area (Å²) in [6.07, 6.45) is 4.61. The third-order valence-electron chi connectivity index (χ3n) is 6.66. The Balaban J connectivity index is 2.09. The highest BCUT2D eigenvalue weighted by Crippen LogP contribution is 2.67. The minimum Gasteiger partial charge on any atom is -0.481 e. The summed E-state index contributed by atoms with van der Waals surface area (Å²) in [6.45, 7) is 6.79. The van der Waals surface area contributed by atoms with Crippen LogP contribution in [-0.2, 0) is 4.79 Å². The average Bonchev–Trinajstić information content (AvgIpc) is 2.30. The van der Waals surface area contributed by atoms with E-state index >= 15 is 0 Å². The fourth-order valence-corrected chi connectivity index (χ4v) is 5.99. The summed E-state index contributed by atoms with van der Waals surface area (Å²) < 4.78 is 0. The largest absolute Gasteiger partial charge is 0.481 e. The van der Waals surface area contributed by atoms with E-state index in [1.54, 1.807) is 0 Å². The Morgan fingerprint density at radius 2 is 1.94 bits per heavy atom. The lowest BCUT2D eigenvalue weighted by molar-refractivity contribution is -0.206. The monoisotopic (exact) mass is 236 g/mol. The molecule has 0 aromatic carbocycles. The second kappa shape index (κ2) is 3.49. The van der Waals surface area contributed by atoms with Crippen molar-refractivity contribution in [3.8, 4) is 0 Å². The molecule has 1 N–H and O–H groups in total. The first-order valence-corrected chi connectivity index (χ1v) is 7.25. The number of carboxylic acids is 1. The number of carboxylic acid groups (broad SMARTS) is 1. The smallest absolute Gasteiger partial charge is 0.310 e. The van der Waals surface area contributed by atoms with Gasteiger partial charge in [0.05, 0.1) is 5.41 Å². The van der Waals surface area contributed by atoms with Crippen LogP contribution in [0.3, 0.4) is 0 Å². The maximum absolute atomic E-state index is 11.9. The Bertz CT molecular complexity index is 351.